The fraction of sp³-hybridized carbons (Fsp3) is 0.364. The largest absolute Gasteiger partial charge is 0.319 e. The summed E-state index contributed by atoms with van der Waals surface area (Å²) in [6.07, 6.45) is 0.0135. The predicted octanol–water partition coefficient (Wildman–Crippen LogP) is 1.82. The van der Waals surface area contributed by atoms with Crippen molar-refractivity contribution in [2.24, 2.45) is 0 Å². The van der Waals surface area contributed by atoms with Crippen molar-refractivity contribution >= 4 is 5.78 Å². The minimum atomic E-state index is -1.25. The summed E-state index contributed by atoms with van der Waals surface area (Å²) >= 11 is 0. The smallest absolute Gasteiger partial charge is 0.161 e. The second-order valence-corrected chi connectivity index (χ2v) is 3.43. The van der Waals surface area contributed by atoms with Crippen molar-refractivity contribution in [2.75, 3.05) is 13.6 Å². The monoisotopic (exact) mass is 231 g/mol. The van der Waals surface area contributed by atoms with Crippen LogP contribution in [-0.2, 0) is 11.2 Å². The van der Waals surface area contributed by atoms with Gasteiger partial charge in [0, 0.05) is 25.5 Å². The van der Waals surface area contributed by atoms with E-state index < -0.39 is 17.5 Å². The average molecular weight is 231 g/mol. The molecule has 0 fully saturated rings. The second-order valence-electron chi connectivity index (χ2n) is 3.43. The zero-order valence-corrected chi connectivity index (χ0v) is 8.82. The molecule has 0 amide bonds. The first-order chi connectivity index (χ1) is 7.54. The second kappa shape index (κ2) is 5.65. The van der Waals surface area contributed by atoms with Crippen LogP contribution in [0.25, 0.3) is 0 Å². The number of carbonyl (C=O) groups is 1. The number of benzene rings is 1. The van der Waals surface area contributed by atoms with Gasteiger partial charge in [-0.05, 0) is 18.7 Å². The van der Waals surface area contributed by atoms with E-state index in [-0.39, 0.29) is 24.2 Å². The molecular weight excluding hydrogens is 219 g/mol. The Morgan fingerprint density at radius 2 is 1.81 bits per heavy atom. The molecule has 0 bridgehead atoms. The molecular formula is C11H12F3NO. The zero-order valence-electron chi connectivity index (χ0n) is 8.82. The fourth-order valence-electron chi connectivity index (χ4n) is 1.26. The summed E-state index contributed by atoms with van der Waals surface area (Å²) in [5.74, 6) is -3.50. The van der Waals surface area contributed by atoms with E-state index in [0.717, 1.165) is 6.07 Å². The van der Waals surface area contributed by atoms with Crippen LogP contribution in [0.4, 0.5) is 13.2 Å². The van der Waals surface area contributed by atoms with Gasteiger partial charge in [-0.3, -0.25) is 4.79 Å². The predicted molar refractivity (Wildman–Crippen MR) is 53.6 cm³/mol. The number of halogens is 3. The molecule has 0 radical (unpaired) electrons. The maximum Gasteiger partial charge on any atom is 0.161 e. The molecule has 1 aromatic carbocycles. The van der Waals surface area contributed by atoms with Crippen molar-refractivity contribution in [3.63, 3.8) is 0 Å². The lowest BCUT2D eigenvalue weighted by Crippen LogP contribution is -2.15. The van der Waals surface area contributed by atoms with Gasteiger partial charge in [-0.2, -0.15) is 0 Å². The third-order valence-electron chi connectivity index (χ3n) is 2.13. The molecule has 1 aromatic rings. The summed E-state index contributed by atoms with van der Waals surface area (Å²) in [6.45, 7) is 0.476. The molecule has 0 aliphatic rings. The van der Waals surface area contributed by atoms with Gasteiger partial charge in [0.25, 0.3) is 0 Å². The highest BCUT2D eigenvalue weighted by molar-refractivity contribution is 5.81. The lowest BCUT2D eigenvalue weighted by atomic mass is 10.1. The lowest BCUT2D eigenvalue weighted by molar-refractivity contribution is -0.118. The molecule has 1 rings (SSSR count). The van der Waals surface area contributed by atoms with Crippen LogP contribution in [0.1, 0.15) is 12.0 Å². The highest BCUT2D eigenvalue weighted by Gasteiger charge is 2.12. The number of rotatable bonds is 5. The number of carbonyl (C=O) groups excluding carboxylic acids is 1. The Bertz CT molecular complexity index is 393. The van der Waals surface area contributed by atoms with Crippen LogP contribution in [0.2, 0.25) is 0 Å². The summed E-state index contributed by atoms with van der Waals surface area (Å²) in [4.78, 5) is 11.3. The summed E-state index contributed by atoms with van der Waals surface area (Å²) in [6, 6.07) is 1.18. The van der Waals surface area contributed by atoms with E-state index in [1.54, 1.807) is 7.05 Å². The van der Waals surface area contributed by atoms with E-state index in [4.69, 9.17) is 0 Å². The number of hydrogen-bond acceptors (Lipinski definition) is 2. The molecule has 16 heavy (non-hydrogen) atoms. The highest BCUT2D eigenvalue weighted by atomic mass is 19.2. The van der Waals surface area contributed by atoms with Crippen molar-refractivity contribution in [2.45, 2.75) is 12.8 Å². The maximum atomic E-state index is 13.1. The topological polar surface area (TPSA) is 29.1 Å². The first-order valence-corrected chi connectivity index (χ1v) is 4.84. The van der Waals surface area contributed by atoms with Crippen LogP contribution < -0.4 is 5.32 Å². The standard InChI is InChI=1S/C11H12F3NO/c1-15-3-2-8(16)4-7-5-10(13)11(14)6-9(7)12/h5-6,15H,2-4H2,1H3. The third kappa shape index (κ3) is 3.34. The highest BCUT2D eigenvalue weighted by Crippen LogP contribution is 2.14. The van der Waals surface area contributed by atoms with Crippen LogP contribution >= 0.6 is 0 Å². The molecule has 0 aliphatic heterocycles. The fourth-order valence-corrected chi connectivity index (χ4v) is 1.26. The molecule has 0 saturated carbocycles. The van der Waals surface area contributed by atoms with Gasteiger partial charge >= 0.3 is 0 Å². The molecule has 0 saturated heterocycles. The minimum Gasteiger partial charge on any atom is -0.319 e. The normalized spacial score (nSPS) is 10.5. The van der Waals surface area contributed by atoms with Gasteiger partial charge in [0.05, 0.1) is 0 Å². The number of Topliss-reactive ketones (excluding diaryl/α,β-unsaturated/α-hetero) is 1. The van der Waals surface area contributed by atoms with E-state index in [1.165, 1.54) is 0 Å². The van der Waals surface area contributed by atoms with Crippen LogP contribution in [0, 0.1) is 17.5 Å². The minimum absolute atomic E-state index is 0.111. The zero-order chi connectivity index (χ0) is 12.1. The number of hydrogen-bond donors (Lipinski definition) is 1. The van der Waals surface area contributed by atoms with Crippen LogP contribution in [-0.4, -0.2) is 19.4 Å². The Morgan fingerprint density at radius 3 is 2.44 bits per heavy atom. The molecule has 88 valence electrons. The molecule has 5 heteroatoms. The lowest BCUT2D eigenvalue weighted by Gasteiger charge is -2.03. The Labute approximate surface area is 91.5 Å². The van der Waals surface area contributed by atoms with E-state index in [1.807, 2.05) is 0 Å². The molecule has 0 heterocycles. The van der Waals surface area contributed by atoms with Gasteiger partial charge in [-0.25, -0.2) is 13.2 Å². The van der Waals surface area contributed by atoms with E-state index in [9.17, 15) is 18.0 Å². The first-order valence-electron chi connectivity index (χ1n) is 4.84. The van der Waals surface area contributed by atoms with E-state index in [2.05, 4.69) is 5.32 Å². The molecule has 0 unspecified atom stereocenters. The van der Waals surface area contributed by atoms with Crippen molar-refractivity contribution in [1.82, 2.24) is 5.32 Å². The van der Waals surface area contributed by atoms with Gasteiger partial charge in [0.2, 0.25) is 0 Å². The van der Waals surface area contributed by atoms with Gasteiger partial charge in [0.15, 0.2) is 11.6 Å². The molecule has 0 aliphatic carbocycles. The Morgan fingerprint density at radius 1 is 1.19 bits per heavy atom. The van der Waals surface area contributed by atoms with Crippen LogP contribution in [0.15, 0.2) is 12.1 Å². The quantitative estimate of drug-likeness (QED) is 0.783. The number of nitrogens with one attached hydrogen (secondary N) is 1. The third-order valence-corrected chi connectivity index (χ3v) is 2.13. The summed E-state index contributed by atoms with van der Waals surface area (Å²) < 4.78 is 38.5. The Kier molecular flexibility index (Phi) is 4.49. The van der Waals surface area contributed by atoms with Crippen LogP contribution in [0.3, 0.4) is 0 Å². The van der Waals surface area contributed by atoms with E-state index in [0.29, 0.717) is 12.6 Å². The molecule has 0 atom stereocenters. The van der Waals surface area contributed by atoms with Crippen molar-refractivity contribution in [3.8, 4) is 0 Å². The maximum absolute atomic E-state index is 13.1. The first kappa shape index (κ1) is 12.7. The molecule has 1 N–H and O–H groups in total. The van der Waals surface area contributed by atoms with E-state index >= 15 is 0 Å². The van der Waals surface area contributed by atoms with Gasteiger partial charge in [-0.15, -0.1) is 0 Å². The van der Waals surface area contributed by atoms with Crippen molar-refractivity contribution < 1.29 is 18.0 Å². The van der Waals surface area contributed by atoms with Gasteiger partial charge in [-0.1, -0.05) is 0 Å². The Hall–Kier alpha value is -1.36. The molecule has 0 aromatic heterocycles. The molecule has 0 spiro atoms. The average Bonchev–Trinajstić information content (AvgIpc) is 2.23. The van der Waals surface area contributed by atoms with Crippen molar-refractivity contribution in [1.29, 1.82) is 0 Å². The summed E-state index contributed by atoms with van der Waals surface area (Å²) in [5.41, 5.74) is -0.111. The van der Waals surface area contributed by atoms with Crippen LogP contribution in [0.5, 0.6) is 0 Å². The summed E-state index contributed by atoms with van der Waals surface area (Å²) in [7, 11) is 1.69. The SMILES string of the molecule is CNCCC(=O)Cc1cc(F)c(F)cc1F. The summed E-state index contributed by atoms with van der Waals surface area (Å²) in [5, 5.41) is 2.77. The van der Waals surface area contributed by atoms with Gasteiger partial charge < -0.3 is 5.32 Å². The van der Waals surface area contributed by atoms with Crippen molar-refractivity contribution in [3.05, 3.63) is 35.1 Å². The molecule has 2 nitrogen and oxygen atoms in total. The number of ketones is 1. The van der Waals surface area contributed by atoms with Gasteiger partial charge in [0.1, 0.15) is 11.6 Å². The Balaban J connectivity index is 2.73.